The molecule has 0 bridgehead atoms. The van der Waals surface area contributed by atoms with Gasteiger partial charge in [0.1, 0.15) is 11.4 Å². The molecule has 28 heavy (non-hydrogen) atoms. The summed E-state index contributed by atoms with van der Waals surface area (Å²) in [5.41, 5.74) is -0.469. The summed E-state index contributed by atoms with van der Waals surface area (Å²) in [6, 6.07) is 4.07. The van der Waals surface area contributed by atoms with Crippen LogP contribution in [0.25, 0.3) is 0 Å². The molecule has 3 rings (SSSR count). The number of carbonyl (C=O) groups is 1. The van der Waals surface area contributed by atoms with Crippen molar-refractivity contribution in [3.8, 4) is 0 Å². The average molecular weight is 504 g/mol. The van der Waals surface area contributed by atoms with Crippen molar-refractivity contribution in [2.24, 2.45) is 16.8 Å². The number of likely N-dealkylation sites (tertiary alicyclic amines) is 1. The molecule has 2 N–H and O–H groups in total. The molecule has 7 nitrogen and oxygen atoms in total. The van der Waals surface area contributed by atoms with Crippen LogP contribution >= 0.6 is 24.0 Å². The van der Waals surface area contributed by atoms with Crippen LogP contribution in [0.5, 0.6) is 0 Å². The van der Waals surface area contributed by atoms with Gasteiger partial charge in [0.05, 0.1) is 6.26 Å². The molecule has 2 aliphatic rings. The zero-order valence-electron chi connectivity index (χ0n) is 17.2. The lowest BCUT2D eigenvalue weighted by Gasteiger charge is -2.26. The Hall–Kier alpha value is -1.45. The molecule has 1 saturated carbocycles. The van der Waals surface area contributed by atoms with Gasteiger partial charge in [0, 0.05) is 45.1 Å². The number of hydrogen-bond acceptors (Lipinski definition) is 4. The molecule has 8 heteroatoms. The van der Waals surface area contributed by atoms with E-state index in [0.29, 0.717) is 11.8 Å². The fraction of sp³-hybridized carbons (Fsp3) is 0.700. The Kier molecular flexibility index (Phi) is 8.03. The number of carbonyl (C=O) groups excluding carboxylic acids is 1. The maximum absolute atomic E-state index is 12.1. The summed E-state index contributed by atoms with van der Waals surface area (Å²) >= 11 is 0. The highest BCUT2D eigenvalue weighted by atomic mass is 127. The quantitative estimate of drug-likeness (QED) is 0.374. The molecule has 1 amide bonds. The first kappa shape index (κ1) is 22.8. The van der Waals surface area contributed by atoms with Crippen LogP contribution in [0.15, 0.2) is 27.8 Å². The normalized spacial score (nSPS) is 24.5. The summed E-state index contributed by atoms with van der Waals surface area (Å²) in [5, 5.41) is 6.52. The highest BCUT2D eigenvalue weighted by Gasteiger charge is 2.44. The number of hydrogen-bond donors (Lipinski definition) is 2. The second-order valence-electron chi connectivity index (χ2n) is 8.46. The minimum absolute atomic E-state index is 0. The molecular formula is C20H33IN4O3. The molecule has 3 unspecified atom stereocenters. The smallest absolute Gasteiger partial charge is 0.407 e. The summed E-state index contributed by atoms with van der Waals surface area (Å²) in [5.74, 6) is 2.93. The Morgan fingerprint density at radius 1 is 1.36 bits per heavy atom. The number of ether oxygens (including phenoxy) is 1. The van der Waals surface area contributed by atoms with Gasteiger partial charge in [-0.25, -0.2) is 4.79 Å². The van der Waals surface area contributed by atoms with Crippen LogP contribution in [0.1, 0.15) is 39.4 Å². The van der Waals surface area contributed by atoms with Crippen molar-refractivity contribution in [1.82, 2.24) is 15.5 Å². The summed E-state index contributed by atoms with van der Waals surface area (Å²) in [6.45, 7) is 8.34. The van der Waals surface area contributed by atoms with E-state index in [1.54, 1.807) is 6.26 Å². The number of fused-ring (bicyclic) bond motifs is 1. The largest absolute Gasteiger partial charge is 0.469 e. The number of halogens is 1. The third kappa shape index (κ3) is 6.02. The zero-order valence-corrected chi connectivity index (χ0v) is 19.6. The molecule has 3 atom stereocenters. The van der Waals surface area contributed by atoms with Gasteiger partial charge in [-0.1, -0.05) is 0 Å². The predicted octanol–water partition coefficient (Wildman–Crippen LogP) is 3.25. The molecule has 1 aliphatic carbocycles. The highest BCUT2D eigenvalue weighted by Crippen LogP contribution is 2.38. The van der Waals surface area contributed by atoms with Gasteiger partial charge in [-0.2, -0.15) is 0 Å². The third-order valence-corrected chi connectivity index (χ3v) is 5.30. The fourth-order valence-corrected chi connectivity index (χ4v) is 4.16. The SMILES string of the molecule is CN=C(NCCc1ccco1)N1CC2CCC(NC(=O)OC(C)(C)C)C2C1.I. The molecule has 1 aliphatic heterocycles. The molecule has 158 valence electrons. The number of aliphatic imine (C=N–C) groups is 1. The van der Waals surface area contributed by atoms with Crippen LogP contribution in [0, 0.1) is 11.8 Å². The number of furan rings is 1. The Balaban J connectivity index is 0.00000280. The molecule has 2 heterocycles. The Labute approximate surface area is 184 Å². The first-order valence-corrected chi connectivity index (χ1v) is 9.83. The number of nitrogens with zero attached hydrogens (tertiary/aromatic N) is 2. The van der Waals surface area contributed by atoms with Crippen LogP contribution in [-0.2, 0) is 11.2 Å². The van der Waals surface area contributed by atoms with Crippen LogP contribution in [0.4, 0.5) is 4.79 Å². The molecular weight excluding hydrogens is 471 g/mol. The van der Waals surface area contributed by atoms with Crippen LogP contribution < -0.4 is 10.6 Å². The molecule has 1 saturated heterocycles. The van der Waals surface area contributed by atoms with Crippen LogP contribution in [-0.4, -0.2) is 55.3 Å². The monoisotopic (exact) mass is 504 g/mol. The number of nitrogens with one attached hydrogen (secondary N) is 2. The second-order valence-corrected chi connectivity index (χ2v) is 8.46. The van der Waals surface area contributed by atoms with E-state index in [4.69, 9.17) is 9.15 Å². The van der Waals surface area contributed by atoms with Gasteiger partial charge in [-0.3, -0.25) is 4.99 Å². The molecule has 0 radical (unpaired) electrons. The van der Waals surface area contributed by atoms with Gasteiger partial charge >= 0.3 is 6.09 Å². The van der Waals surface area contributed by atoms with Crippen molar-refractivity contribution in [3.63, 3.8) is 0 Å². The van der Waals surface area contributed by atoms with E-state index in [2.05, 4.69) is 20.5 Å². The molecule has 0 spiro atoms. The van der Waals surface area contributed by atoms with E-state index in [1.165, 1.54) is 0 Å². The number of alkyl carbamates (subject to hydrolysis) is 1. The maximum atomic E-state index is 12.1. The van der Waals surface area contributed by atoms with E-state index < -0.39 is 5.60 Å². The van der Waals surface area contributed by atoms with E-state index in [9.17, 15) is 4.79 Å². The minimum Gasteiger partial charge on any atom is -0.469 e. The lowest BCUT2D eigenvalue weighted by Crippen LogP contribution is -2.44. The van der Waals surface area contributed by atoms with Crippen LogP contribution in [0.3, 0.4) is 0 Å². The number of guanidine groups is 1. The van der Waals surface area contributed by atoms with Gasteiger partial charge in [-0.15, -0.1) is 24.0 Å². The topological polar surface area (TPSA) is 79.1 Å². The van der Waals surface area contributed by atoms with Crippen molar-refractivity contribution in [3.05, 3.63) is 24.2 Å². The van der Waals surface area contributed by atoms with Crippen molar-refractivity contribution < 1.29 is 13.9 Å². The lowest BCUT2D eigenvalue weighted by molar-refractivity contribution is 0.0492. The molecule has 1 aromatic heterocycles. The summed E-state index contributed by atoms with van der Waals surface area (Å²) < 4.78 is 10.8. The van der Waals surface area contributed by atoms with E-state index in [-0.39, 0.29) is 36.1 Å². The number of rotatable bonds is 4. The Bertz CT molecular complexity index is 657. The third-order valence-electron chi connectivity index (χ3n) is 5.30. The maximum Gasteiger partial charge on any atom is 0.407 e. The summed E-state index contributed by atoms with van der Waals surface area (Å²) in [6.07, 6.45) is 4.37. The minimum atomic E-state index is -0.469. The first-order valence-electron chi connectivity index (χ1n) is 9.83. The molecule has 0 aromatic carbocycles. The first-order chi connectivity index (χ1) is 12.9. The van der Waals surface area contributed by atoms with E-state index >= 15 is 0 Å². The standard InChI is InChI=1S/C20H32N4O3.HI/c1-20(2,3)27-19(25)23-17-8-7-14-12-24(13-16(14)17)18(21-4)22-10-9-15-6-5-11-26-15;/h5-6,11,14,16-17H,7-10,12-13H2,1-4H3,(H,21,22)(H,23,25);1H. The van der Waals surface area contributed by atoms with Gasteiger partial charge in [0.2, 0.25) is 0 Å². The Morgan fingerprint density at radius 3 is 2.79 bits per heavy atom. The second kappa shape index (κ2) is 9.84. The zero-order chi connectivity index (χ0) is 19.4. The number of amides is 1. The van der Waals surface area contributed by atoms with Gasteiger partial charge in [-0.05, 0) is 51.7 Å². The van der Waals surface area contributed by atoms with Crippen LogP contribution in [0.2, 0.25) is 0 Å². The lowest BCUT2D eigenvalue weighted by atomic mass is 9.98. The molecule has 2 fully saturated rings. The predicted molar refractivity (Wildman–Crippen MR) is 120 cm³/mol. The van der Waals surface area contributed by atoms with Crippen molar-refractivity contribution in [2.45, 2.75) is 51.7 Å². The molecule has 1 aromatic rings. The van der Waals surface area contributed by atoms with E-state index in [1.807, 2.05) is 40.0 Å². The summed E-state index contributed by atoms with van der Waals surface area (Å²) in [7, 11) is 1.82. The van der Waals surface area contributed by atoms with Crippen molar-refractivity contribution >= 4 is 36.0 Å². The van der Waals surface area contributed by atoms with Gasteiger partial charge in [0.15, 0.2) is 5.96 Å². The van der Waals surface area contributed by atoms with Crippen molar-refractivity contribution in [1.29, 1.82) is 0 Å². The highest BCUT2D eigenvalue weighted by molar-refractivity contribution is 14.0. The average Bonchev–Trinajstić information content (AvgIpc) is 3.28. The van der Waals surface area contributed by atoms with Crippen molar-refractivity contribution in [2.75, 3.05) is 26.7 Å². The fourth-order valence-electron chi connectivity index (χ4n) is 4.16. The van der Waals surface area contributed by atoms with Gasteiger partial charge < -0.3 is 24.7 Å². The Morgan fingerprint density at radius 2 is 2.14 bits per heavy atom. The summed E-state index contributed by atoms with van der Waals surface area (Å²) in [4.78, 5) is 18.9. The van der Waals surface area contributed by atoms with E-state index in [0.717, 1.165) is 50.6 Å². The van der Waals surface area contributed by atoms with Gasteiger partial charge in [0.25, 0.3) is 0 Å².